The first-order valence-electron chi connectivity index (χ1n) is 9.59. The Balaban J connectivity index is 1.62. The lowest BCUT2D eigenvalue weighted by Gasteiger charge is -2.23. The molecule has 0 spiro atoms. The van der Waals surface area contributed by atoms with E-state index in [2.05, 4.69) is 28.6 Å². The first kappa shape index (κ1) is 16.6. The molecule has 2 aromatic rings. The minimum absolute atomic E-state index is 0.0880. The van der Waals surface area contributed by atoms with Crippen molar-refractivity contribution in [3.05, 3.63) is 30.1 Å². The highest BCUT2D eigenvalue weighted by atomic mass is 16.5. The van der Waals surface area contributed by atoms with E-state index in [9.17, 15) is 4.79 Å². The van der Waals surface area contributed by atoms with Gasteiger partial charge < -0.3 is 14.2 Å². The topological polar surface area (TPSA) is 47.4 Å². The molecule has 0 radical (unpaired) electrons. The lowest BCUT2D eigenvalue weighted by molar-refractivity contribution is -0.132. The highest BCUT2D eigenvalue weighted by Gasteiger charge is 2.28. The molecule has 0 aromatic carbocycles. The van der Waals surface area contributed by atoms with Gasteiger partial charge in [0.25, 0.3) is 0 Å². The molecule has 2 fully saturated rings. The van der Waals surface area contributed by atoms with Gasteiger partial charge in [-0.25, -0.2) is 4.98 Å². The maximum atomic E-state index is 13.0. The second kappa shape index (κ2) is 7.16. The Morgan fingerprint density at radius 3 is 3.00 bits per heavy atom. The summed E-state index contributed by atoms with van der Waals surface area (Å²) in [5.74, 6) is 0.920. The molecule has 3 heterocycles. The molecule has 2 aliphatic rings. The monoisotopic (exact) mass is 341 g/mol. The zero-order valence-corrected chi connectivity index (χ0v) is 15.0. The van der Waals surface area contributed by atoms with Gasteiger partial charge in [0, 0.05) is 37.0 Å². The van der Waals surface area contributed by atoms with Crippen molar-refractivity contribution in [2.75, 3.05) is 19.7 Å². The van der Waals surface area contributed by atoms with E-state index in [-0.39, 0.29) is 12.0 Å². The molecule has 1 aliphatic heterocycles. The molecule has 1 saturated heterocycles. The van der Waals surface area contributed by atoms with Crippen molar-refractivity contribution in [1.82, 2.24) is 14.5 Å². The standard InChI is InChI=1S/C20H27N3O2/c1-2-10-22(13-15-7-8-15)19(24)14-23-17(18-6-4-11-25-18)12-16-5-3-9-21-20(16)23/h3,5,9,12,15,18H,2,4,6-8,10-11,13-14H2,1H3/t18-/m0/s1. The summed E-state index contributed by atoms with van der Waals surface area (Å²) in [6, 6.07) is 6.16. The highest BCUT2D eigenvalue weighted by molar-refractivity contribution is 5.82. The molecule has 1 amide bonds. The van der Waals surface area contributed by atoms with Gasteiger partial charge in [-0.15, -0.1) is 0 Å². The summed E-state index contributed by atoms with van der Waals surface area (Å²) in [5.41, 5.74) is 1.99. The van der Waals surface area contributed by atoms with E-state index >= 15 is 0 Å². The van der Waals surface area contributed by atoms with E-state index in [0.717, 1.165) is 55.7 Å². The number of pyridine rings is 1. The van der Waals surface area contributed by atoms with Crippen LogP contribution >= 0.6 is 0 Å². The number of rotatable bonds is 7. The number of hydrogen-bond donors (Lipinski definition) is 0. The number of aromatic nitrogens is 2. The Kier molecular flexibility index (Phi) is 4.75. The Morgan fingerprint density at radius 1 is 1.40 bits per heavy atom. The lowest BCUT2D eigenvalue weighted by atomic mass is 10.2. The van der Waals surface area contributed by atoms with Gasteiger partial charge in [0.15, 0.2) is 0 Å². The zero-order chi connectivity index (χ0) is 17.2. The van der Waals surface area contributed by atoms with Gasteiger partial charge in [0.2, 0.25) is 5.91 Å². The van der Waals surface area contributed by atoms with Gasteiger partial charge in [-0.05, 0) is 56.2 Å². The number of carbonyl (C=O) groups excluding carboxylic acids is 1. The van der Waals surface area contributed by atoms with Crippen molar-refractivity contribution >= 4 is 16.9 Å². The minimum Gasteiger partial charge on any atom is -0.372 e. The van der Waals surface area contributed by atoms with Crippen LogP contribution in [0, 0.1) is 5.92 Å². The van der Waals surface area contributed by atoms with Crippen LogP contribution in [-0.4, -0.2) is 40.1 Å². The number of fused-ring (bicyclic) bond motifs is 1. The Bertz CT molecular complexity index is 744. The molecule has 2 aromatic heterocycles. The highest BCUT2D eigenvalue weighted by Crippen LogP contribution is 2.33. The minimum atomic E-state index is 0.0880. The maximum absolute atomic E-state index is 13.0. The summed E-state index contributed by atoms with van der Waals surface area (Å²) in [5, 5.41) is 1.09. The quantitative estimate of drug-likeness (QED) is 0.774. The SMILES string of the molecule is CCCN(CC1CC1)C(=O)Cn1c([C@@H]2CCCO2)cc2cccnc21. The van der Waals surface area contributed by atoms with E-state index in [1.54, 1.807) is 6.20 Å². The van der Waals surface area contributed by atoms with E-state index in [1.807, 2.05) is 11.0 Å². The predicted molar refractivity (Wildman–Crippen MR) is 97.3 cm³/mol. The Morgan fingerprint density at radius 2 is 2.28 bits per heavy atom. The smallest absolute Gasteiger partial charge is 0.242 e. The van der Waals surface area contributed by atoms with Crippen LogP contribution in [0.2, 0.25) is 0 Å². The summed E-state index contributed by atoms with van der Waals surface area (Å²) in [6.45, 7) is 5.06. The van der Waals surface area contributed by atoms with E-state index < -0.39 is 0 Å². The van der Waals surface area contributed by atoms with Crippen molar-refractivity contribution in [2.45, 2.75) is 51.7 Å². The van der Waals surface area contributed by atoms with Gasteiger partial charge in [-0.1, -0.05) is 6.92 Å². The molecule has 0 unspecified atom stereocenters. The van der Waals surface area contributed by atoms with E-state index in [1.165, 1.54) is 12.8 Å². The number of ether oxygens (including phenoxy) is 1. The molecule has 25 heavy (non-hydrogen) atoms. The van der Waals surface area contributed by atoms with Gasteiger partial charge in [-0.2, -0.15) is 0 Å². The van der Waals surface area contributed by atoms with Crippen molar-refractivity contribution in [3.8, 4) is 0 Å². The molecular weight excluding hydrogens is 314 g/mol. The van der Waals surface area contributed by atoms with Crippen molar-refractivity contribution in [2.24, 2.45) is 5.92 Å². The van der Waals surface area contributed by atoms with Crippen LogP contribution < -0.4 is 0 Å². The van der Waals surface area contributed by atoms with Crippen molar-refractivity contribution < 1.29 is 9.53 Å². The Hall–Kier alpha value is -1.88. The van der Waals surface area contributed by atoms with Crippen LogP contribution in [0.5, 0.6) is 0 Å². The summed E-state index contributed by atoms with van der Waals surface area (Å²) < 4.78 is 7.99. The third kappa shape index (κ3) is 3.56. The first-order chi connectivity index (χ1) is 12.3. The number of hydrogen-bond acceptors (Lipinski definition) is 3. The van der Waals surface area contributed by atoms with Crippen LogP contribution in [0.3, 0.4) is 0 Å². The number of carbonyl (C=O) groups is 1. The van der Waals surface area contributed by atoms with E-state index in [0.29, 0.717) is 12.5 Å². The first-order valence-corrected chi connectivity index (χ1v) is 9.59. The van der Waals surface area contributed by atoms with Gasteiger partial charge in [0.1, 0.15) is 12.2 Å². The van der Waals surface area contributed by atoms with Gasteiger partial charge in [0.05, 0.1) is 6.10 Å². The number of amides is 1. The zero-order valence-electron chi connectivity index (χ0n) is 15.0. The fraction of sp³-hybridized carbons (Fsp3) is 0.600. The fourth-order valence-corrected chi connectivity index (χ4v) is 3.79. The summed E-state index contributed by atoms with van der Waals surface area (Å²) >= 11 is 0. The lowest BCUT2D eigenvalue weighted by Crippen LogP contribution is -2.36. The molecule has 1 saturated carbocycles. The Labute approximate surface area is 149 Å². The van der Waals surface area contributed by atoms with Crippen LogP contribution in [0.1, 0.15) is 50.8 Å². The van der Waals surface area contributed by atoms with Crippen molar-refractivity contribution in [1.29, 1.82) is 0 Å². The molecule has 0 N–H and O–H groups in total. The van der Waals surface area contributed by atoms with Crippen molar-refractivity contribution in [3.63, 3.8) is 0 Å². The molecule has 1 aliphatic carbocycles. The number of nitrogens with zero attached hydrogens (tertiary/aromatic N) is 3. The summed E-state index contributed by atoms with van der Waals surface area (Å²) in [4.78, 5) is 19.6. The second-order valence-corrected chi connectivity index (χ2v) is 7.36. The largest absolute Gasteiger partial charge is 0.372 e. The molecule has 1 atom stereocenters. The molecule has 5 heteroatoms. The molecule has 134 valence electrons. The van der Waals surface area contributed by atoms with Gasteiger partial charge in [-0.3, -0.25) is 4.79 Å². The normalized spacial score (nSPS) is 20.3. The average Bonchev–Trinajstić information content (AvgIpc) is 3.14. The van der Waals surface area contributed by atoms with Crippen LogP contribution in [0.4, 0.5) is 0 Å². The van der Waals surface area contributed by atoms with Crippen LogP contribution in [0.15, 0.2) is 24.4 Å². The molecule has 4 rings (SSSR count). The third-order valence-corrected chi connectivity index (χ3v) is 5.26. The third-order valence-electron chi connectivity index (χ3n) is 5.26. The fourth-order valence-electron chi connectivity index (χ4n) is 3.79. The second-order valence-electron chi connectivity index (χ2n) is 7.36. The summed E-state index contributed by atoms with van der Waals surface area (Å²) in [6.07, 6.45) is 7.52. The summed E-state index contributed by atoms with van der Waals surface area (Å²) in [7, 11) is 0. The molecule has 0 bridgehead atoms. The maximum Gasteiger partial charge on any atom is 0.242 e. The van der Waals surface area contributed by atoms with Crippen LogP contribution in [0.25, 0.3) is 11.0 Å². The predicted octanol–water partition coefficient (Wildman–Crippen LogP) is 3.54. The van der Waals surface area contributed by atoms with E-state index in [4.69, 9.17) is 4.74 Å². The average molecular weight is 341 g/mol. The molecular formula is C20H27N3O2. The van der Waals surface area contributed by atoms with Crippen LogP contribution in [-0.2, 0) is 16.1 Å². The molecule has 5 nitrogen and oxygen atoms in total. The van der Waals surface area contributed by atoms with Gasteiger partial charge >= 0.3 is 0 Å².